The minimum atomic E-state index is 1.09. The van der Waals surface area contributed by atoms with Gasteiger partial charge in [0.15, 0.2) is 0 Å². The fraction of sp³-hybridized carbons (Fsp3) is 0. The van der Waals surface area contributed by atoms with E-state index in [1.165, 1.54) is 60.2 Å². The standard InChI is InChI=1S/C32H20BrN/c33-23-10-8-9-21(19-23)22-17-18-29-30(20-22)34(24-11-2-1-3-12-24)32-28-16-7-5-14-26(28)25-13-4-6-15-27(25)31(29)32/h1-20H. The number of fused-ring (bicyclic) bond motifs is 8. The van der Waals surface area contributed by atoms with Gasteiger partial charge in [0.2, 0.25) is 0 Å². The Bertz CT molecular complexity index is 1860. The van der Waals surface area contributed by atoms with Crippen molar-refractivity contribution in [2.45, 2.75) is 0 Å². The molecule has 1 aromatic heterocycles. The molecule has 0 unspecified atom stereocenters. The molecule has 2 heteroatoms. The Hall–Kier alpha value is -3.88. The number of rotatable bonds is 2. The summed E-state index contributed by atoms with van der Waals surface area (Å²) in [6, 6.07) is 43.7. The molecule has 0 saturated carbocycles. The lowest BCUT2D eigenvalue weighted by Crippen LogP contribution is -1.94. The molecule has 6 aromatic carbocycles. The molecule has 0 saturated heterocycles. The van der Waals surface area contributed by atoms with Gasteiger partial charge < -0.3 is 4.57 Å². The average molecular weight is 498 g/mol. The molecule has 0 aliphatic heterocycles. The normalized spacial score (nSPS) is 11.7. The number of benzene rings is 6. The van der Waals surface area contributed by atoms with Gasteiger partial charge in [0.1, 0.15) is 0 Å². The van der Waals surface area contributed by atoms with Crippen LogP contribution in [0.3, 0.4) is 0 Å². The van der Waals surface area contributed by atoms with Crippen molar-refractivity contribution in [1.82, 2.24) is 4.57 Å². The number of hydrogen-bond acceptors (Lipinski definition) is 0. The molecule has 0 spiro atoms. The zero-order chi connectivity index (χ0) is 22.6. The van der Waals surface area contributed by atoms with E-state index < -0.39 is 0 Å². The summed E-state index contributed by atoms with van der Waals surface area (Å²) in [6.45, 7) is 0. The summed E-state index contributed by atoms with van der Waals surface area (Å²) in [4.78, 5) is 0. The van der Waals surface area contributed by atoms with E-state index in [-0.39, 0.29) is 0 Å². The summed E-state index contributed by atoms with van der Waals surface area (Å²) < 4.78 is 3.53. The van der Waals surface area contributed by atoms with Crippen LogP contribution in [0.15, 0.2) is 126 Å². The molecular weight excluding hydrogens is 478 g/mol. The van der Waals surface area contributed by atoms with Crippen LogP contribution < -0.4 is 0 Å². The van der Waals surface area contributed by atoms with Gasteiger partial charge in [0.25, 0.3) is 0 Å². The Balaban J connectivity index is 1.73. The van der Waals surface area contributed by atoms with Gasteiger partial charge in [-0.15, -0.1) is 0 Å². The molecule has 34 heavy (non-hydrogen) atoms. The quantitative estimate of drug-likeness (QED) is 0.209. The van der Waals surface area contributed by atoms with Gasteiger partial charge in [0.05, 0.1) is 11.0 Å². The third-order valence-corrected chi connectivity index (χ3v) is 7.30. The molecule has 0 fully saturated rings. The van der Waals surface area contributed by atoms with Gasteiger partial charge in [-0.25, -0.2) is 0 Å². The smallest absolute Gasteiger partial charge is 0.0625 e. The fourth-order valence-corrected chi connectivity index (χ4v) is 5.77. The predicted molar refractivity (Wildman–Crippen MR) is 149 cm³/mol. The summed E-state index contributed by atoms with van der Waals surface area (Å²) in [5.74, 6) is 0. The molecule has 0 radical (unpaired) electrons. The van der Waals surface area contributed by atoms with E-state index in [0.29, 0.717) is 0 Å². The van der Waals surface area contributed by atoms with E-state index in [9.17, 15) is 0 Å². The summed E-state index contributed by atoms with van der Waals surface area (Å²) in [5, 5.41) is 7.76. The molecule has 160 valence electrons. The van der Waals surface area contributed by atoms with Crippen LogP contribution >= 0.6 is 15.9 Å². The number of halogens is 1. The molecule has 0 aliphatic carbocycles. The summed E-state index contributed by atoms with van der Waals surface area (Å²) >= 11 is 3.64. The van der Waals surface area contributed by atoms with Crippen LogP contribution in [0.25, 0.3) is 60.2 Å². The van der Waals surface area contributed by atoms with Crippen LogP contribution in [-0.2, 0) is 0 Å². The van der Waals surface area contributed by atoms with Crippen LogP contribution in [0.1, 0.15) is 0 Å². The average Bonchev–Trinajstić information content (AvgIpc) is 3.24. The van der Waals surface area contributed by atoms with Crippen molar-refractivity contribution in [2.24, 2.45) is 0 Å². The van der Waals surface area contributed by atoms with Gasteiger partial charge in [-0.05, 0) is 57.6 Å². The van der Waals surface area contributed by atoms with Crippen LogP contribution in [0.2, 0.25) is 0 Å². The molecule has 1 nitrogen and oxygen atoms in total. The first kappa shape index (κ1) is 19.6. The molecule has 7 aromatic rings. The van der Waals surface area contributed by atoms with Crippen LogP contribution in [-0.4, -0.2) is 4.57 Å². The largest absolute Gasteiger partial charge is 0.309 e. The lowest BCUT2D eigenvalue weighted by atomic mass is 9.96. The molecule has 0 aliphatic rings. The predicted octanol–water partition coefficient (Wildman–Crippen LogP) is 9.52. The second-order valence-electron chi connectivity index (χ2n) is 8.73. The third kappa shape index (κ3) is 2.85. The maximum atomic E-state index is 3.64. The first-order chi connectivity index (χ1) is 16.8. The molecular formula is C32H20BrN. The van der Waals surface area contributed by atoms with E-state index in [4.69, 9.17) is 0 Å². The number of para-hydroxylation sites is 1. The van der Waals surface area contributed by atoms with Gasteiger partial charge in [-0.1, -0.05) is 107 Å². The first-order valence-electron chi connectivity index (χ1n) is 11.5. The van der Waals surface area contributed by atoms with Crippen molar-refractivity contribution in [1.29, 1.82) is 0 Å². The Morgan fingerprint density at radius 2 is 1.12 bits per heavy atom. The van der Waals surface area contributed by atoms with Crippen LogP contribution in [0.4, 0.5) is 0 Å². The SMILES string of the molecule is Brc1cccc(-c2ccc3c4c5ccccc5c5ccccc5c4n(-c4ccccc4)c3c2)c1. The summed E-state index contributed by atoms with van der Waals surface area (Å²) in [5.41, 5.74) is 6.08. The van der Waals surface area contributed by atoms with Crippen LogP contribution in [0, 0.1) is 0 Å². The Morgan fingerprint density at radius 3 is 1.88 bits per heavy atom. The molecule has 0 bridgehead atoms. The van der Waals surface area contributed by atoms with Gasteiger partial charge in [0, 0.05) is 26.3 Å². The minimum Gasteiger partial charge on any atom is -0.309 e. The lowest BCUT2D eigenvalue weighted by molar-refractivity contribution is 1.19. The topological polar surface area (TPSA) is 4.93 Å². The maximum Gasteiger partial charge on any atom is 0.0625 e. The highest BCUT2D eigenvalue weighted by Crippen LogP contribution is 2.43. The Labute approximate surface area is 206 Å². The second kappa shape index (κ2) is 7.58. The molecule has 0 N–H and O–H groups in total. The molecule has 7 rings (SSSR count). The van der Waals surface area contributed by atoms with Gasteiger partial charge >= 0.3 is 0 Å². The van der Waals surface area contributed by atoms with Gasteiger partial charge in [-0.2, -0.15) is 0 Å². The molecule has 0 atom stereocenters. The monoisotopic (exact) mass is 497 g/mol. The number of nitrogens with zero attached hydrogens (tertiary/aromatic N) is 1. The zero-order valence-corrected chi connectivity index (χ0v) is 20.0. The Morgan fingerprint density at radius 1 is 0.471 bits per heavy atom. The molecule has 0 amide bonds. The first-order valence-corrected chi connectivity index (χ1v) is 12.3. The highest BCUT2D eigenvalue weighted by atomic mass is 79.9. The highest BCUT2D eigenvalue weighted by molar-refractivity contribution is 9.10. The fourth-order valence-electron chi connectivity index (χ4n) is 5.37. The van der Waals surface area contributed by atoms with Crippen molar-refractivity contribution >= 4 is 59.3 Å². The minimum absolute atomic E-state index is 1.09. The van der Waals surface area contributed by atoms with E-state index in [1.54, 1.807) is 0 Å². The van der Waals surface area contributed by atoms with E-state index in [1.807, 2.05) is 0 Å². The number of hydrogen-bond donors (Lipinski definition) is 0. The van der Waals surface area contributed by atoms with E-state index >= 15 is 0 Å². The van der Waals surface area contributed by atoms with E-state index in [2.05, 4.69) is 142 Å². The van der Waals surface area contributed by atoms with Crippen molar-refractivity contribution in [3.63, 3.8) is 0 Å². The summed E-state index contributed by atoms with van der Waals surface area (Å²) in [7, 11) is 0. The maximum absolute atomic E-state index is 3.64. The third-order valence-electron chi connectivity index (χ3n) is 6.81. The van der Waals surface area contributed by atoms with Crippen molar-refractivity contribution in [3.05, 3.63) is 126 Å². The van der Waals surface area contributed by atoms with Gasteiger partial charge in [-0.3, -0.25) is 0 Å². The lowest BCUT2D eigenvalue weighted by Gasteiger charge is -2.12. The highest BCUT2D eigenvalue weighted by Gasteiger charge is 2.19. The second-order valence-corrected chi connectivity index (χ2v) is 9.64. The van der Waals surface area contributed by atoms with Crippen molar-refractivity contribution in [3.8, 4) is 16.8 Å². The van der Waals surface area contributed by atoms with Crippen LogP contribution in [0.5, 0.6) is 0 Å². The molecule has 1 heterocycles. The van der Waals surface area contributed by atoms with Crippen molar-refractivity contribution < 1.29 is 0 Å². The zero-order valence-electron chi connectivity index (χ0n) is 18.4. The number of aromatic nitrogens is 1. The Kier molecular flexibility index (Phi) is 4.36. The van der Waals surface area contributed by atoms with E-state index in [0.717, 1.165) is 4.47 Å². The van der Waals surface area contributed by atoms with Crippen molar-refractivity contribution in [2.75, 3.05) is 0 Å². The summed E-state index contributed by atoms with van der Waals surface area (Å²) in [6.07, 6.45) is 0.